The molecule has 1 aromatic carbocycles. The van der Waals surface area contributed by atoms with Crippen LogP contribution >= 0.6 is 11.3 Å². The molecule has 1 aromatic heterocycles. The van der Waals surface area contributed by atoms with Crippen LogP contribution in [0.3, 0.4) is 0 Å². The van der Waals surface area contributed by atoms with Gasteiger partial charge in [0.05, 0.1) is 9.80 Å². The van der Waals surface area contributed by atoms with Crippen molar-refractivity contribution in [2.75, 3.05) is 0 Å². The van der Waals surface area contributed by atoms with E-state index in [1.807, 2.05) is 17.5 Å². The van der Waals surface area contributed by atoms with E-state index in [9.17, 15) is 20.5 Å². The van der Waals surface area contributed by atoms with Gasteiger partial charge in [-0.05, 0) is 24.4 Å². The third-order valence-electron chi connectivity index (χ3n) is 4.20. The largest absolute Gasteiger partial charge is 0.622 e. The van der Waals surface area contributed by atoms with Crippen LogP contribution in [0.5, 0.6) is 0 Å². The Hall–Kier alpha value is -2.29. The normalized spacial score (nSPS) is 25.1. The number of benzene rings is 1. The van der Waals surface area contributed by atoms with Gasteiger partial charge in [-0.1, -0.05) is 12.1 Å². The molecule has 2 aromatic rings. The number of thiophene rings is 1. The maximum Gasteiger partial charge on any atom is 0.274 e. The third kappa shape index (κ3) is 2.23. The van der Waals surface area contributed by atoms with Crippen molar-refractivity contribution in [3.8, 4) is 0 Å². The van der Waals surface area contributed by atoms with E-state index in [4.69, 9.17) is 0 Å². The van der Waals surface area contributed by atoms with E-state index in [1.54, 1.807) is 19.9 Å². The fourth-order valence-corrected chi connectivity index (χ4v) is 3.72. The van der Waals surface area contributed by atoms with Gasteiger partial charge in [0.1, 0.15) is 6.04 Å². The second-order valence-electron chi connectivity index (χ2n) is 5.51. The summed E-state index contributed by atoms with van der Waals surface area (Å²) < 4.78 is 0.739. The van der Waals surface area contributed by atoms with Crippen LogP contribution in [0.4, 0.5) is 5.69 Å². The Morgan fingerprint density at radius 2 is 2.13 bits per heavy atom. The van der Waals surface area contributed by atoms with Crippen LogP contribution in [-0.4, -0.2) is 31.7 Å². The van der Waals surface area contributed by atoms with Gasteiger partial charge in [-0.15, -0.1) is 16.4 Å². The molecule has 7 nitrogen and oxygen atoms in total. The zero-order valence-corrected chi connectivity index (χ0v) is 13.4. The molecule has 1 N–H and O–H groups in total. The molecule has 0 fully saturated rings. The highest BCUT2D eigenvalue weighted by atomic mass is 32.1. The van der Waals surface area contributed by atoms with Crippen LogP contribution in [0.15, 0.2) is 41.8 Å². The van der Waals surface area contributed by atoms with Gasteiger partial charge in [0.15, 0.2) is 0 Å². The Labute approximate surface area is 136 Å². The SMILES string of the molecule is C[C@H]1C(c2cccs2)=[N+]([O-])[C@@](C)(c2cccc([N+](=O)[O-])c2)N1O. The number of hydroxylamine groups is 3. The van der Waals surface area contributed by atoms with E-state index in [1.165, 1.54) is 29.5 Å². The Balaban J connectivity index is 2.17. The summed E-state index contributed by atoms with van der Waals surface area (Å²) in [5.74, 6) is 0. The molecule has 0 unspecified atom stereocenters. The molecule has 0 amide bonds. The predicted molar refractivity (Wildman–Crippen MR) is 85.6 cm³/mol. The molecule has 2 heterocycles. The number of nitro benzene ring substituents is 1. The van der Waals surface area contributed by atoms with Crippen molar-refractivity contribution >= 4 is 22.7 Å². The number of non-ortho nitro benzene ring substituents is 1. The van der Waals surface area contributed by atoms with Gasteiger partial charge in [-0.3, -0.25) is 10.1 Å². The molecule has 0 saturated heterocycles. The van der Waals surface area contributed by atoms with Crippen molar-refractivity contribution in [3.05, 3.63) is 67.5 Å². The summed E-state index contributed by atoms with van der Waals surface area (Å²) in [6.45, 7) is 3.28. The number of nitro groups is 1. The van der Waals surface area contributed by atoms with E-state index in [2.05, 4.69) is 0 Å². The molecule has 0 bridgehead atoms. The van der Waals surface area contributed by atoms with Crippen molar-refractivity contribution in [2.45, 2.75) is 25.6 Å². The zero-order chi connectivity index (χ0) is 16.8. The summed E-state index contributed by atoms with van der Waals surface area (Å²) in [4.78, 5) is 11.2. The van der Waals surface area contributed by atoms with Gasteiger partial charge in [0.25, 0.3) is 11.4 Å². The lowest BCUT2D eigenvalue weighted by atomic mass is 10.0. The predicted octanol–water partition coefficient (Wildman–Crippen LogP) is 2.92. The smallest absolute Gasteiger partial charge is 0.274 e. The second kappa shape index (κ2) is 5.41. The summed E-state index contributed by atoms with van der Waals surface area (Å²) in [5, 5.41) is 37.3. The number of rotatable bonds is 3. The Kier molecular flexibility index (Phi) is 3.67. The molecule has 120 valence electrons. The van der Waals surface area contributed by atoms with Crippen LogP contribution < -0.4 is 0 Å². The van der Waals surface area contributed by atoms with Crippen LogP contribution in [0, 0.1) is 15.3 Å². The maximum absolute atomic E-state index is 12.9. The highest BCUT2D eigenvalue weighted by molar-refractivity contribution is 7.12. The molecule has 0 radical (unpaired) electrons. The molecule has 0 saturated carbocycles. The number of hydrogen-bond acceptors (Lipinski definition) is 6. The minimum absolute atomic E-state index is 0.122. The highest BCUT2D eigenvalue weighted by Gasteiger charge is 2.54. The van der Waals surface area contributed by atoms with Gasteiger partial charge in [-0.2, -0.15) is 4.74 Å². The topological polar surface area (TPSA) is 92.7 Å². The zero-order valence-electron chi connectivity index (χ0n) is 12.5. The van der Waals surface area contributed by atoms with Gasteiger partial charge < -0.3 is 10.4 Å². The van der Waals surface area contributed by atoms with Crippen LogP contribution in [-0.2, 0) is 5.66 Å². The van der Waals surface area contributed by atoms with Crippen molar-refractivity contribution in [1.29, 1.82) is 0 Å². The van der Waals surface area contributed by atoms with Crippen molar-refractivity contribution < 1.29 is 14.9 Å². The van der Waals surface area contributed by atoms with Crippen molar-refractivity contribution in [2.24, 2.45) is 0 Å². The lowest BCUT2D eigenvalue weighted by Crippen LogP contribution is -2.45. The summed E-state index contributed by atoms with van der Waals surface area (Å²) in [7, 11) is 0. The third-order valence-corrected chi connectivity index (χ3v) is 5.09. The first kappa shape index (κ1) is 15.6. The number of hydrogen-bond donors (Lipinski definition) is 1. The first-order valence-corrected chi connectivity index (χ1v) is 7.86. The molecule has 0 aliphatic carbocycles. The Morgan fingerprint density at radius 1 is 1.39 bits per heavy atom. The average molecular weight is 333 g/mol. The molecule has 1 aliphatic rings. The quantitative estimate of drug-likeness (QED) is 0.403. The fraction of sp³-hybridized carbons (Fsp3) is 0.267. The summed E-state index contributed by atoms with van der Waals surface area (Å²) >= 11 is 1.41. The van der Waals surface area contributed by atoms with E-state index in [-0.39, 0.29) is 5.69 Å². The van der Waals surface area contributed by atoms with Crippen molar-refractivity contribution in [3.63, 3.8) is 0 Å². The average Bonchev–Trinajstić information content (AvgIpc) is 3.12. The van der Waals surface area contributed by atoms with Crippen molar-refractivity contribution in [1.82, 2.24) is 5.06 Å². The lowest BCUT2D eigenvalue weighted by Gasteiger charge is -2.29. The molecule has 2 atom stereocenters. The molecule has 0 spiro atoms. The summed E-state index contributed by atoms with van der Waals surface area (Å²) in [5.41, 5.74) is -0.744. The van der Waals surface area contributed by atoms with Crippen LogP contribution in [0.2, 0.25) is 0 Å². The Bertz CT molecular complexity index is 790. The molecular weight excluding hydrogens is 318 g/mol. The van der Waals surface area contributed by atoms with Gasteiger partial charge >= 0.3 is 0 Å². The highest BCUT2D eigenvalue weighted by Crippen LogP contribution is 2.38. The van der Waals surface area contributed by atoms with Gasteiger partial charge in [0.2, 0.25) is 5.71 Å². The molecular formula is C15H15N3O4S. The van der Waals surface area contributed by atoms with Gasteiger partial charge in [0, 0.05) is 24.6 Å². The van der Waals surface area contributed by atoms with Gasteiger partial charge in [-0.25, -0.2) is 0 Å². The minimum atomic E-state index is -1.43. The van der Waals surface area contributed by atoms with E-state index in [0.717, 1.165) is 14.7 Å². The van der Waals surface area contributed by atoms with Crippen LogP contribution in [0.25, 0.3) is 0 Å². The summed E-state index contributed by atoms with van der Waals surface area (Å²) in [6.07, 6.45) is 0. The maximum atomic E-state index is 12.9. The van der Waals surface area contributed by atoms with E-state index in [0.29, 0.717) is 11.3 Å². The molecule has 1 aliphatic heterocycles. The first-order valence-electron chi connectivity index (χ1n) is 6.98. The Morgan fingerprint density at radius 3 is 2.74 bits per heavy atom. The van der Waals surface area contributed by atoms with Crippen LogP contribution in [0.1, 0.15) is 24.3 Å². The fourth-order valence-electron chi connectivity index (χ4n) is 2.88. The lowest BCUT2D eigenvalue weighted by molar-refractivity contribution is -0.595. The second-order valence-corrected chi connectivity index (χ2v) is 6.45. The van der Waals surface area contributed by atoms with E-state index < -0.39 is 16.6 Å². The monoisotopic (exact) mass is 333 g/mol. The number of nitrogens with zero attached hydrogens (tertiary/aromatic N) is 3. The molecule has 3 rings (SSSR count). The molecule has 8 heteroatoms. The standard InChI is InChI=1S/C15H15N3O4S/c1-10-14(13-7-4-8-23-13)17(20)15(2,16(10)19)11-5-3-6-12(9-11)18(21)22/h3-10,19H,1-2H3/t10-,15-/m0/s1. The van der Waals surface area contributed by atoms with E-state index >= 15 is 0 Å². The minimum Gasteiger partial charge on any atom is -0.622 e. The summed E-state index contributed by atoms with van der Waals surface area (Å²) in [6, 6.07) is 8.89. The first-order chi connectivity index (χ1) is 10.9. The molecule has 23 heavy (non-hydrogen) atoms.